The van der Waals surface area contributed by atoms with Crippen LogP contribution in [0.2, 0.25) is 0 Å². The van der Waals surface area contributed by atoms with Crippen molar-refractivity contribution in [2.24, 2.45) is 0 Å². The molecule has 5 aromatic carbocycles. The summed E-state index contributed by atoms with van der Waals surface area (Å²) in [5.74, 6) is 1.73. The fourth-order valence-corrected chi connectivity index (χ4v) is 6.16. The van der Waals surface area contributed by atoms with Crippen LogP contribution in [0, 0.1) is 0 Å². The van der Waals surface area contributed by atoms with Crippen molar-refractivity contribution in [3.63, 3.8) is 0 Å². The number of hydrogen-bond acceptors (Lipinski definition) is 5. The van der Waals surface area contributed by atoms with Gasteiger partial charge in [0.2, 0.25) is 5.95 Å². The van der Waals surface area contributed by atoms with Gasteiger partial charge >= 0.3 is 0 Å². The van der Waals surface area contributed by atoms with Gasteiger partial charge in [-0.2, -0.15) is 9.97 Å². The van der Waals surface area contributed by atoms with E-state index >= 15 is 0 Å². The average Bonchev–Trinajstić information content (AvgIpc) is 3.64. The van der Waals surface area contributed by atoms with Crippen molar-refractivity contribution in [2.75, 3.05) is 0 Å². The molecule has 0 aliphatic rings. The fraction of sp³-hybridized carbons (Fsp3) is 0. The molecule has 0 unspecified atom stereocenters. The Morgan fingerprint density at radius 2 is 1.25 bits per heavy atom. The molecule has 6 nitrogen and oxygen atoms in total. The van der Waals surface area contributed by atoms with Gasteiger partial charge in [-0.25, -0.2) is 4.98 Å². The third kappa shape index (κ3) is 3.82. The molecular weight excluding hydrogens is 542 g/mol. The van der Waals surface area contributed by atoms with E-state index in [4.69, 9.17) is 19.4 Å². The number of fused-ring (bicyclic) bond motifs is 6. The Kier molecular flexibility index (Phi) is 5.40. The summed E-state index contributed by atoms with van der Waals surface area (Å²) in [7, 11) is 0. The summed E-state index contributed by atoms with van der Waals surface area (Å²) in [4.78, 5) is 19.6. The van der Waals surface area contributed by atoms with Crippen LogP contribution in [0.25, 0.3) is 83.6 Å². The minimum Gasteiger partial charge on any atom is -0.454 e. The first-order valence-corrected chi connectivity index (χ1v) is 14.5. The SMILES string of the molecule is c1ccc(-c2ccc3c4ccccc4n(-c4nc(-c5ccccc5)nc(-c5cccc6oc7cnccc7c56)n4)c3c2)cc1. The van der Waals surface area contributed by atoms with Crippen molar-refractivity contribution < 1.29 is 4.42 Å². The van der Waals surface area contributed by atoms with E-state index in [1.807, 2.05) is 60.7 Å². The van der Waals surface area contributed by atoms with Crippen LogP contribution in [0.5, 0.6) is 0 Å². The molecule has 9 rings (SSSR count). The molecule has 44 heavy (non-hydrogen) atoms. The number of para-hydroxylation sites is 1. The van der Waals surface area contributed by atoms with Crippen molar-refractivity contribution in [1.29, 1.82) is 0 Å². The van der Waals surface area contributed by atoms with E-state index in [-0.39, 0.29) is 0 Å². The van der Waals surface area contributed by atoms with Gasteiger partial charge in [-0.3, -0.25) is 9.55 Å². The fourth-order valence-electron chi connectivity index (χ4n) is 6.16. The molecular formula is C38H23N5O. The average molecular weight is 566 g/mol. The summed E-state index contributed by atoms with van der Waals surface area (Å²) in [6.07, 6.45) is 3.53. The molecule has 4 heterocycles. The Labute approximate surface area is 251 Å². The monoisotopic (exact) mass is 565 g/mol. The van der Waals surface area contributed by atoms with Crippen LogP contribution in [-0.2, 0) is 0 Å². The lowest BCUT2D eigenvalue weighted by Gasteiger charge is -2.12. The molecule has 4 aromatic heterocycles. The van der Waals surface area contributed by atoms with E-state index in [9.17, 15) is 0 Å². The largest absolute Gasteiger partial charge is 0.454 e. The quantitative estimate of drug-likeness (QED) is 0.213. The molecule has 6 heteroatoms. The van der Waals surface area contributed by atoms with Gasteiger partial charge in [0.15, 0.2) is 17.2 Å². The van der Waals surface area contributed by atoms with E-state index in [1.165, 1.54) is 0 Å². The van der Waals surface area contributed by atoms with Gasteiger partial charge in [-0.05, 0) is 35.4 Å². The van der Waals surface area contributed by atoms with E-state index in [0.29, 0.717) is 17.6 Å². The first-order valence-electron chi connectivity index (χ1n) is 14.5. The molecule has 0 aliphatic heterocycles. The number of furan rings is 1. The smallest absolute Gasteiger partial charge is 0.238 e. The molecule has 0 radical (unpaired) electrons. The molecule has 0 saturated heterocycles. The first-order chi connectivity index (χ1) is 21.8. The molecule has 0 spiro atoms. The molecule has 0 aliphatic carbocycles. The highest BCUT2D eigenvalue weighted by Crippen LogP contribution is 2.37. The van der Waals surface area contributed by atoms with E-state index < -0.39 is 0 Å². The van der Waals surface area contributed by atoms with Gasteiger partial charge in [0.05, 0.1) is 17.2 Å². The van der Waals surface area contributed by atoms with Crippen LogP contribution in [0.1, 0.15) is 0 Å². The van der Waals surface area contributed by atoms with Crippen LogP contribution in [0.4, 0.5) is 0 Å². The highest BCUT2D eigenvalue weighted by Gasteiger charge is 2.20. The van der Waals surface area contributed by atoms with Crippen LogP contribution in [-0.4, -0.2) is 24.5 Å². The highest BCUT2D eigenvalue weighted by atomic mass is 16.3. The maximum absolute atomic E-state index is 6.16. The molecule has 0 amide bonds. The van der Waals surface area contributed by atoms with Gasteiger partial charge in [0.1, 0.15) is 5.58 Å². The second-order valence-corrected chi connectivity index (χ2v) is 10.8. The van der Waals surface area contributed by atoms with Crippen molar-refractivity contribution in [3.05, 3.63) is 140 Å². The van der Waals surface area contributed by atoms with E-state index in [1.54, 1.807) is 12.4 Å². The van der Waals surface area contributed by atoms with Gasteiger partial charge in [-0.15, -0.1) is 0 Å². The molecule has 0 bridgehead atoms. The molecule has 9 aromatic rings. The Balaban J connectivity index is 1.37. The Bertz CT molecular complexity index is 2500. The summed E-state index contributed by atoms with van der Waals surface area (Å²) in [6, 6.07) is 43.5. The Hall–Kier alpha value is -6.14. The Morgan fingerprint density at radius 3 is 2.11 bits per heavy atom. The van der Waals surface area contributed by atoms with Gasteiger partial charge in [0.25, 0.3) is 0 Å². The normalized spacial score (nSPS) is 11.6. The van der Waals surface area contributed by atoms with Crippen LogP contribution in [0.3, 0.4) is 0 Å². The molecule has 206 valence electrons. The highest BCUT2D eigenvalue weighted by molar-refractivity contribution is 6.12. The number of hydrogen-bond donors (Lipinski definition) is 0. The van der Waals surface area contributed by atoms with E-state index in [2.05, 4.69) is 76.3 Å². The van der Waals surface area contributed by atoms with Crippen molar-refractivity contribution >= 4 is 43.7 Å². The Morgan fingerprint density at radius 1 is 0.500 bits per heavy atom. The van der Waals surface area contributed by atoms with Crippen molar-refractivity contribution in [2.45, 2.75) is 0 Å². The standard InChI is InChI=1S/C38H23N5O/c1-3-10-24(11-4-1)26-18-19-28-27-14-7-8-16-31(27)43(32(28)22-26)38-41-36(25-12-5-2-6-13-25)40-37(42-38)30-15-9-17-33-35(30)29-20-21-39-23-34(29)44-33/h1-23H. The minimum absolute atomic E-state index is 0.553. The third-order valence-corrected chi connectivity index (χ3v) is 8.18. The van der Waals surface area contributed by atoms with Crippen molar-refractivity contribution in [3.8, 4) is 39.9 Å². The lowest BCUT2D eigenvalue weighted by atomic mass is 10.0. The molecule has 0 saturated carbocycles. The van der Waals surface area contributed by atoms with Crippen LogP contribution in [0.15, 0.2) is 144 Å². The molecule has 0 fully saturated rings. The second-order valence-electron chi connectivity index (χ2n) is 10.8. The maximum atomic E-state index is 6.16. The summed E-state index contributed by atoms with van der Waals surface area (Å²) in [5.41, 5.74) is 7.61. The summed E-state index contributed by atoms with van der Waals surface area (Å²) in [6.45, 7) is 0. The number of benzene rings is 5. The molecule has 0 N–H and O–H groups in total. The van der Waals surface area contributed by atoms with Crippen LogP contribution < -0.4 is 0 Å². The molecule has 0 atom stereocenters. The van der Waals surface area contributed by atoms with Gasteiger partial charge < -0.3 is 4.42 Å². The lowest BCUT2D eigenvalue weighted by Crippen LogP contribution is -2.06. The second kappa shape index (κ2) is 9.71. The number of aromatic nitrogens is 5. The number of rotatable bonds is 4. The summed E-state index contributed by atoms with van der Waals surface area (Å²) >= 11 is 0. The van der Waals surface area contributed by atoms with Gasteiger partial charge in [0, 0.05) is 38.9 Å². The topological polar surface area (TPSA) is 69.6 Å². The minimum atomic E-state index is 0.553. The summed E-state index contributed by atoms with van der Waals surface area (Å²) in [5, 5.41) is 4.20. The maximum Gasteiger partial charge on any atom is 0.238 e. The van der Waals surface area contributed by atoms with Gasteiger partial charge in [-0.1, -0.05) is 103 Å². The van der Waals surface area contributed by atoms with E-state index in [0.717, 1.165) is 66.0 Å². The zero-order valence-electron chi connectivity index (χ0n) is 23.4. The van der Waals surface area contributed by atoms with Crippen molar-refractivity contribution in [1.82, 2.24) is 24.5 Å². The first kappa shape index (κ1) is 24.5. The predicted octanol–water partition coefficient (Wildman–Crippen LogP) is 9.26. The lowest BCUT2D eigenvalue weighted by molar-refractivity contribution is 0.667. The zero-order valence-corrected chi connectivity index (χ0v) is 23.4. The number of nitrogens with zero attached hydrogens (tertiary/aromatic N) is 5. The summed E-state index contributed by atoms with van der Waals surface area (Å²) < 4.78 is 8.32. The predicted molar refractivity (Wildman–Crippen MR) is 176 cm³/mol. The van der Waals surface area contributed by atoms with Crippen LogP contribution >= 0.6 is 0 Å². The number of pyridine rings is 1. The third-order valence-electron chi connectivity index (χ3n) is 8.18. The zero-order chi connectivity index (χ0) is 29.0.